The van der Waals surface area contributed by atoms with Crippen LogP contribution in [0.2, 0.25) is 0 Å². The topological polar surface area (TPSA) is 103 Å². The molecule has 7 nitrogen and oxygen atoms in total. The van der Waals surface area contributed by atoms with Crippen LogP contribution in [-0.2, 0) is 16.1 Å². The Hall–Kier alpha value is -1.28. The standard InChI is InChI=1S/C11H20N4O3S/c1-11(2,4-5-18-3)7-15-9(12)13-14-10(15)19-6-8(16)17/h4-7H2,1-3H3,(H2,12,13)(H,16,17). The lowest BCUT2D eigenvalue weighted by molar-refractivity contribution is -0.133. The maximum atomic E-state index is 10.6. The number of nitrogens with zero attached hydrogens (tertiary/aromatic N) is 3. The fourth-order valence-corrected chi connectivity index (χ4v) is 2.23. The summed E-state index contributed by atoms with van der Waals surface area (Å²) in [5.41, 5.74) is 5.74. The molecule has 1 aromatic heterocycles. The molecule has 0 radical (unpaired) electrons. The van der Waals surface area contributed by atoms with Gasteiger partial charge in [-0.3, -0.25) is 9.36 Å². The van der Waals surface area contributed by atoms with Gasteiger partial charge in [-0.05, 0) is 11.8 Å². The largest absolute Gasteiger partial charge is 0.481 e. The molecule has 0 amide bonds. The second-order valence-corrected chi connectivity index (χ2v) is 5.96. The summed E-state index contributed by atoms with van der Waals surface area (Å²) in [6.07, 6.45) is 0.865. The number of carbonyl (C=O) groups is 1. The zero-order chi connectivity index (χ0) is 14.5. The molecular weight excluding hydrogens is 268 g/mol. The Morgan fingerprint density at radius 2 is 2.21 bits per heavy atom. The highest BCUT2D eigenvalue weighted by molar-refractivity contribution is 7.99. The van der Waals surface area contributed by atoms with Gasteiger partial charge in [-0.1, -0.05) is 25.6 Å². The Kier molecular flexibility index (Phi) is 5.61. The number of hydrogen-bond donors (Lipinski definition) is 2. The van der Waals surface area contributed by atoms with Crippen LogP contribution in [0.5, 0.6) is 0 Å². The van der Waals surface area contributed by atoms with Crippen LogP contribution >= 0.6 is 11.8 Å². The first-order valence-corrected chi connectivity index (χ1v) is 6.86. The van der Waals surface area contributed by atoms with Crippen LogP contribution in [0, 0.1) is 5.41 Å². The van der Waals surface area contributed by atoms with Gasteiger partial charge in [-0.15, -0.1) is 10.2 Å². The molecule has 0 bridgehead atoms. The molecule has 0 saturated carbocycles. The van der Waals surface area contributed by atoms with E-state index in [1.54, 1.807) is 11.7 Å². The van der Waals surface area contributed by atoms with E-state index in [4.69, 9.17) is 15.6 Å². The van der Waals surface area contributed by atoms with Gasteiger partial charge >= 0.3 is 5.97 Å². The average Bonchev–Trinajstić information content (AvgIpc) is 2.65. The molecule has 0 saturated heterocycles. The summed E-state index contributed by atoms with van der Waals surface area (Å²) >= 11 is 1.12. The summed E-state index contributed by atoms with van der Waals surface area (Å²) in [6.45, 7) is 5.47. The maximum Gasteiger partial charge on any atom is 0.313 e. The van der Waals surface area contributed by atoms with Gasteiger partial charge in [-0.2, -0.15) is 0 Å². The SMILES string of the molecule is COCCC(C)(C)Cn1c(N)nnc1SCC(=O)O. The third-order valence-electron chi connectivity index (χ3n) is 2.64. The number of carboxylic acid groups (broad SMARTS) is 1. The number of anilines is 1. The normalized spacial score (nSPS) is 11.7. The lowest BCUT2D eigenvalue weighted by atomic mass is 9.89. The molecule has 108 valence electrons. The highest BCUT2D eigenvalue weighted by Crippen LogP contribution is 2.27. The van der Waals surface area contributed by atoms with Crippen molar-refractivity contribution in [2.24, 2.45) is 5.41 Å². The highest BCUT2D eigenvalue weighted by atomic mass is 32.2. The highest BCUT2D eigenvalue weighted by Gasteiger charge is 2.22. The molecule has 0 fully saturated rings. The van der Waals surface area contributed by atoms with Crippen molar-refractivity contribution in [3.63, 3.8) is 0 Å². The number of ether oxygens (including phenoxy) is 1. The van der Waals surface area contributed by atoms with Crippen LogP contribution in [0.3, 0.4) is 0 Å². The van der Waals surface area contributed by atoms with Crippen LogP contribution < -0.4 is 5.73 Å². The van der Waals surface area contributed by atoms with Gasteiger partial charge in [0.25, 0.3) is 0 Å². The number of aromatic nitrogens is 3. The number of thioether (sulfide) groups is 1. The predicted octanol–water partition coefficient (Wildman–Crippen LogP) is 1.10. The van der Waals surface area contributed by atoms with Crippen molar-refractivity contribution in [3.05, 3.63) is 0 Å². The maximum absolute atomic E-state index is 10.6. The predicted molar refractivity (Wildman–Crippen MR) is 73.1 cm³/mol. The molecule has 1 heterocycles. The molecule has 0 unspecified atom stereocenters. The second kappa shape index (κ2) is 6.76. The van der Waals surface area contributed by atoms with E-state index in [-0.39, 0.29) is 11.2 Å². The number of aliphatic carboxylic acids is 1. The van der Waals surface area contributed by atoms with Crippen LogP contribution in [0.4, 0.5) is 5.95 Å². The van der Waals surface area contributed by atoms with Crippen molar-refractivity contribution in [1.82, 2.24) is 14.8 Å². The Balaban J connectivity index is 2.76. The van der Waals surface area contributed by atoms with Crippen molar-refractivity contribution in [3.8, 4) is 0 Å². The number of nitrogens with two attached hydrogens (primary N) is 1. The van der Waals surface area contributed by atoms with Gasteiger partial charge in [-0.25, -0.2) is 0 Å². The zero-order valence-electron chi connectivity index (χ0n) is 11.4. The van der Waals surface area contributed by atoms with E-state index in [9.17, 15) is 4.79 Å². The number of nitrogen functional groups attached to an aromatic ring is 1. The van der Waals surface area contributed by atoms with Crippen molar-refractivity contribution in [2.75, 3.05) is 25.2 Å². The van der Waals surface area contributed by atoms with E-state index in [0.717, 1.165) is 18.2 Å². The minimum Gasteiger partial charge on any atom is -0.481 e. The first-order valence-electron chi connectivity index (χ1n) is 5.88. The zero-order valence-corrected chi connectivity index (χ0v) is 12.2. The van der Waals surface area contributed by atoms with E-state index < -0.39 is 5.97 Å². The fourth-order valence-electron chi connectivity index (χ4n) is 1.57. The van der Waals surface area contributed by atoms with E-state index in [0.29, 0.717) is 24.3 Å². The van der Waals surface area contributed by atoms with Crippen LogP contribution in [0.15, 0.2) is 5.16 Å². The first kappa shape index (κ1) is 15.8. The van der Waals surface area contributed by atoms with Crippen molar-refractivity contribution in [1.29, 1.82) is 0 Å². The molecule has 0 aliphatic heterocycles. The molecule has 19 heavy (non-hydrogen) atoms. The number of rotatable bonds is 8. The minimum atomic E-state index is -0.892. The van der Waals surface area contributed by atoms with Gasteiger partial charge in [0.05, 0.1) is 5.75 Å². The third kappa shape index (κ3) is 5.07. The van der Waals surface area contributed by atoms with Crippen molar-refractivity contribution < 1.29 is 14.6 Å². The van der Waals surface area contributed by atoms with E-state index in [2.05, 4.69) is 24.0 Å². The molecular formula is C11H20N4O3S. The van der Waals surface area contributed by atoms with Gasteiger partial charge in [0.2, 0.25) is 5.95 Å². The van der Waals surface area contributed by atoms with Gasteiger partial charge in [0.15, 0.2) is 5.16 Å². The fraction of sp³-hybridized carbons (Fsp3) is 0.727. The number of hydrogen-bond acceptors (Lipinski definition) is 6. The van der Waals surface area contributed by atoms with E-state index >= 15 is 0 Å². The lowest BCUT2D eigenvalue weighted by Crippen LogP contribution is -2.23. The number of carboxylic acids is 1. The van der Waals surface area contributed by atoms with Gasteiger partial charge in [0.1, 0.15) is 0 Å². The third-order valence-corrected chi connectivity index (χ3v) is 3.59. The molecule has 1 aromatic rings. The summed E-state index contributed by atoms with van der Waals surface area (Å²) in [7, 11) is 1.66. The van der Waals surface area contributed by atoms with E-state index in [1.165, 1.54) is 0 Å². The van der Waals surface area contributed by atoms with Crippen LogP contribution in [-0.4, -0.2) is 45.3 Å². The summed E-state index contributed by atoms with van der Waals surface area (Å²) < 4.78 is 6.83. The van der Waals surface area contributed by atoms with Crippen LogP contribution in [0.1, 0.15) is 20.3 Å². The lowest BCUT2D eigenvalue weighted by Gasteiger charge is -2.25. The summed E-state index contributed by atoms with van der Waals surface area (Å²) in [4.78, 5) is 10.6. The first-order chi connectivity index (χ1) is 8.85. The molecule has 0 spiro atoms. The van der Waals surface area contributed by atoms with Crippen LogP contribution in [0.25, 0.3) is 0 Å². The molecule has 0 aliphatic carbocycles. The smallest absolute Gasteiger partial charge is 0.313 e. The minimum absolute atomic E-state index is 0.0367. The van der Waals surface area contributed by atoms with Crippen molar-refractivity contribution >= 4 is 23.7 Å². The molecule has 0 aliphatic rings. The second-order valence-electron chi connectivity index (χ2n) is 5.02. The van der Waals surface area contributed by atoms with Gasteiger partial charge < -0.3 is 15.6 Å². The molecule has 0 atom stereocenters. The monoisotopic (exact) mass is 288 g/mol. The number of methoxy groups -OCH3 is 1. The summed E-state index contributed by atoms with van der Waals surface area (Å²) in [5, 5.41) is 16.9. The Morgan fingerprint density at radius 3 is 2.79 bits per heavy atom. The molecule has 3 N–H and O–H groups in total. The van der Waals surface area contributed by atoms with Gasteiger partial charge in [0, 0.05) is 20.3 Å². The Bertz CT molecular complexity index is 434. The van der Waals surface area contributed by atoms with E-state index in [1.807, 2.05) is 0 Å². The molecule has 8 heteroatoms. The quantitative estimate of drug-likeness (QED) is 0.690. The summed E-state index contributed by atoms with van der Waals surface area (Å²) in [6, 6.07) is 0. The Labute approximate surface area is 116 Å². The molecule has 0 aromatic carbocycles. The summed E-state index contributed by atoms with van der Waals surface area (Å²) in [5.74, 6) is -0.647. The van der Waals surface area contributed by atoms with Crippen molar-refractivity contribution in [2.45, 2.75) is 32.0 Å². The molecule has 1 rings (SSSR count). The average molecular weight is 288 g/mol. The Morgan fingerprint density at radius 1 is 1.53 bits per heavy atom.